The second-order valence-corrected chi connectivity index (χ2v) is 5.36. The highest BCUT2D eigenvalue weighted by Gasteiger charge is 2.23. The van der Waals surface area contributed by atoms with Crippen molar-refractivity contribution < 1.29 is 14.1 Å². The normalized spacial score (nSPS) is 10.6. The average Bonchev–Trinajstić information content (AvgIpc) is 3.17. The number of imidazole rings is 1. The average molecular weight is 319 g/mol. The Morgan fingerprint density at radius 1 is 1.43 bits per heavy atom. The molecule has 2 aromatic heterocycles. The van der Waals surface area contributed by atoms with Crippen LogP contribution in [0.4, 0.5) is 5.82 Å². The summed E-state index contributed by atoms with van der Waals surface area (Å²) in [7, 11) is 4.99. The standard InChI is InChI=1S/C15H21N5O3/c1-5-11-8-12(23-17-11)6-7-18(2)15(22)13-14(20(4)10-21)16-9-19(13)3/h8-10H,5-7H2,1-4H3. The molecule has 0 aromatic carbocycles. The first-order valence-corrected chi connectivity index (χ1v) is 7.37. The highest BCUT2D eigenvalue weighted by molar-refractivity contribution is 5.99. The molecule has 124 valence electrons. The molecule has 0 N–H and O–H groups in total. The number of carbonyl (C=O) groups is 2. The van der Waals surface area contributed by atoms with E-state index >= 15 is 0 Å². The Bertz CT molecular complexity index is 691. The van der Waals surface area contributed by atoms with Crippen molar-refractivity contribution in [3.63, 3.8) is 0 Å². The van der Waals surface area contributed by atoms with Gasteiger partial charge in [0.2, 0.25) is 6.41 Å². The third kappa shape index (κ3) is 3.58. The molecule has 0 spiro atoms. The number of rotatable bonds is 7. The number of likely N-dealkylation sites (N-methyl/N-ethyl adjacent to an activating group) is 1. The number of carbonyl (C=O) groups excluding carboxylic acids is 2. The Hall–Kier alpha value is -2.64. The van der Waals surface area contributed by atoms with E-state index in [2.05, 4.69) is 10.1 Å². The predicted octanol–water partition coefficient (Wildman–Crippen LogP) is 0.878. The molecule has 0 saturated heterocycles. The van der Waals surface area contributed by atoms with Crippen LogP contribution >= 0.6 is 0 Å². The number of hydrogen-bond donors (Lipinski definition) is 0. The maximum Gasteiger partial charge on any atom is 0.274 e. The van der Waals surface area contributed by atoms with E-state index in [0.29, 0.717) is 30.9 Å². The van der Waals surface area contributed by atoms with Crippen LogP contribution < -0.4 is 4.90 Å². The maximum atomic E-state index is 12.6. The molecule has 2 heterocycles. The Balaban J connectivity index is 2.07. The van der Waals surface area contributed by atoms with Gasteiger partial charge in [0.05, 0.1) is 12.0 Å². The summed E-state index contributed by atoms with van der Waals surface area (Å²) in [6.45, 7) is 2.48. The van der Waals surface area contributed by atoms with E-state index in [9.17, 15) is 9.59 Å². The fourth-order valence-corrected chi connectivity index (χ4v) is 2.17. The minimum atomic E-state index is -0.205. The van der Waals surface area contributed by atoms with Crippen molar-refractivity contribution in [1.29, 1.82) is 0 Å². The zero-order chi connectivity index (χ0) is 17.0. The Labute approximate surface area is 134 Å². The number of aryl methyl sites for hydroxylation is 2. The van der Waals surface area contributed by atoms with Crippen LogP contribution in [0.1, 0.15) is 28.9 Å². The number of nitrogens with zero attached hydrogens (tertiary/aromatic N) is 5. The van der Waals surface area contributed by atoms with Gasteiger partial charge in [-0.05, 0) is 6.42 Å². The zero-order valence-corrected chi connectivity index (χ0v) is 13.8. The molecule has 0 atom stereocenters. The summed E-state index contributed by atoms with van der Waals surface area (Å²) in [6.07, 6.45) is 3.53. The van der Waals surface area contributed by atoms with Gasteiger partial charge in [0.25, 0.3) is 5.91 Å². The highest BCUT2D eigenvalue weighted by Crippen LogP contribution is 2.17. The van der Waals surface area contributed by atoms with E-state index in [4.69, 9.17) is 4.52 Å². The van der Waals surface area contributed by atoms with Crippen molar-refractivity contribution >= 4 is 18.1 Å². The summed E-state index contributed by atoms with van der Waals surface area (Å²) in [4.78, 5) is 30.5. The monoisotopic (exact) mass is 319 g/mol. The van der Waals surface area contributed by atoms with E-state index in [0.717, 1.165) is 17.9 Å². The molecule has 8 nitrogen and oxygen atoms in total. The molecule has 0 radical (unpaired) electrons. The van der Waals surface area contributed by atoms with Crippen LogP contribution in [0.3, 0.4) is 0 Å². The van der Waals surface area contributed by atoms with Crippen LogP contribution in [-0.4, -0.2) is 52.6 Å². The van der Waals surface area contributed by atoms with Gasteiger partial charge in [-0.3, -0.25) is 9.59 Å². The Morgan fingerprint density at radius 3 is 2.78 bits per heavy atom. The van der Waals surface area contributed by atoms with Gasteiger partial charge in [-0.2, -0.15) is 0 Å². The first-order valence-electron chi connectivity index (χ1n) is 7.37. The third-order valence-corrected chi connectivity index (χ3v) is 3.62. The van der Waals surface area contributed by atoms with Crippen LogP contribution in [-0.2, 0) is 24.7 Å². The van der Waals surface area contributed by atoms with Crippen molar-refractivity contribution in [2.24, 2.45) is 7.05 Å². The summed E-state index contributed by atoms with van der Waals surface area (Å²) in [5.41, 5.74) is 1.27. The molecule has 0 unspecified atom stereocenters. The van der Waals surface area contributed by atoms with Crippen LogP contribution in [0.15, 0.2) is 16.9 Å². The molecule has 2 rings (SSSR count). The molecule has 0 fully saturated rings. The summed E-state index contributed by atoms with van der Waals surface area (Å²) >= 11 is 0. The van der Waals surface area contributed by atoms with Crippen molar-refractivity contribution in [1.82, 2.24) is 19.6 Å². The molecule has 8 heteroatoms. The lowest BCUT2D eigenvalue weighted by molar-refractivity contribution is -0.107. The Morgan fingerprint density at radius 2 is 2.17 bits per heavy atom. The van der Waals surface area contributed by atoms with Crippen molar-refractivity contribution in [3.05, 3.63) is 29.5 Å². The molecule has 0 aliphatic rings. The number of anilines is 1. The van der Waals surface area contributed by atoms with Gasteiger partial charge < -0.3 is 18.9 Å². The molecule has 0 aliphatic heterocycles. The van der Waals surface area contributed by atoms with Gasteiger partial charge in [-0.15, -0.1) is 0 Å². The topological polar surface area (TPSA) is 84.5 Å². The first-order chi connectivity index (χ1) is 11.0. The van der Waals surface area contributed by atoms with Gasteiger partial charge in [0, 0.05) is 40.2 Å². The van der Waals surface area contributed by atoms with Gasteiger partial charge in [-0.25, -0.2) is 4.98 Å². The second kappa shape index (κ2) is 7.08. The van der Waals surface area contributed by atoms with Crippen molar-refractivity contribution in [3.8, 4) is 0 Å². The van der Waals surface area contributed by atoms with Gasteiger partial charge in [0.15, 0.2) is 11.5 Å². The van der Waals surface area contributed by atoms with Gasteiger partial charge in [0.1, 0.15) is 5.76 Å². The number of hydrogen-bond acceptors (Lipinski definition) is 5. The smallest absolute Gasteiger partial charge is 0.274 e. The SMILES string of the molecule is CCc1cc(CCN(C)C(=O)c2c(N(C)C=O)ncn2C)on1. The summed E-state index contributed by atoms with van der Waals surface area (Å²) in [5, 5.41) is 3.93. The van der Waals surface area contributed by atoms with E-state index in [1.165, 1.54) is 11.2 Å². The van der Waals surface area contributed by atoms with Crippen LogP contribution in [0, 0.1) is 0 Å². The van der Waals surface area contributed by atoms with Gasteiger partial charge >= 0.3 is 0 Å². The van der Waals surface area contributed by atoms with Crippen molar-refractivity contribution in [2.45, 2.75) is 19.8 Å². The van der Waals surface area contributed by atoms with E-state index in [1.807, 2.05) is 13.0 Å². The highest BCUT2D eigenvalue weighted by atomic mass is 16.5. The molecular formula is C15H21N5O3. The number of amides is 2. The van der Waals surface area contributed by atoms with Gasteiger partial charge in [-0.1, -0.05) is 12.1 Å². The fourth-order valence-electron chi connectivity index (χ4n) is 2.17. The van der Waals surface area contributed by atoms with Crippen LogP contribution in [0.25, 0.3) is 0 Å². The largest absolute Gasteiger partial charge is 0.361 e. The molecule has 2 amide bonds. The van der Waals surface area contributed by atoms with E-state index in [1.54, 1.807) is 30.6 Å². The lowest BCUT2D eigenvalue weighted by Crippen LogP contribution is -2.32. The minimum Gasteiger partial charge on any atom is -0.361 e. The molecule has 0 aliphatic carbocycles. The Kier molecular flexibility index (Phi) is 5.15. The van der Waals surface area contributed by atoms with E-state index in [-0.39, 0.29) is 5.91 Å². The minimum absolute atomic E-state index is 0.205. The molecule has 2 aromatic rings. The van der Waals surface area contributed by atoms with Crippen LogP contribution in [0.2, 0.25) is 0 Å². The third-order valence-electron chi connectivity index (χ3n) is 3.62. The van der Waals surface area contributed by atoms with E-state index < -0.39 is 0 Å². The molecule has 0 bridgehead atoms. The zero-order valence-electron chi connectivity index (χ0n) is 13.8. The lowest BCUT2D eigenvalue weighted by atomic mass is 10.2. The molecule has 0 saturated carbocycles. The fraction of sp³-hybridized carbons (Fsp3) is 0.467. The predicted molar refractivity (Wildman–Crippen MR) is 84.2 cm³/mol. The summed E-state index contributed by atoms with van der Waals surface area (Å²) in [5.74, 6) is 0.882. The summed E-state index contributed by atoms with van der Waals surface area (Å²) in [6, 6.07) is 1.90. The second-order valence-electron chi connectivity index (χ2n) is 5.36. The molecular weight excluding hydrogens is 298 g/mol. The number of aromatic nitrogens is 3. The molecule has 23 heavy (non-hydrogen) atoms. The lowest BCUT2D eigenvalue weighted by Gasteiger charge is -2.18. The van der Waals surface area contributed by atoms with Crippen LogP contribution in [0.5, 0.6) is 0 Å². The first kappa shape index (κ1) is 16.7. The van der Waals surface area contributed by atoms with Crippen molar-refractivity contribution in [2.75, 3.05) is 25.5 Å². The quantitative estimate of drug-likeness (QED) is 0.707. The summed E-state index contributed by atoms with van der Waals surface area (Å²) < 4.78 is 6.83. The maximum absolute atomic E-state index is 12.6.